The molecule has 0 atom stereocenters. The molecular formula is C13H16FN3O. The summed E-state index contributed by atoms with van der Waals surface area (Å²) in [6, 6.07) is 6.64. The van der Waals surface area contributed by atoms with E-state index in [0.717, 1.165) is 13.1 Å². The molecule has 0 aromatic heterocycles. The van der Waals surface area contributed by atoms with E-state index in [4.69, 9.17) is 0 Å². The SMILES string of the molecule is O=C1NCN(c2ccccc2F)C12CCNCC2. The maximum absolute atomic E-state index is 13.9. The van der Waals surface area contributed by atoms with Crippen LogP contribution >= 0.6 is 0 Å². The number of benzene rings is 1. The minimum absolute atomic E-state index is 0.0206. The van der Waals surface area contributed by atoms with Gasteiger partial charge in [-0.1, -0.05) is 12.1 Å². The molecule has 0 saturated carbocycles. The molecule has 0 unspecified atom stereocenters. The third kappa shape index (κ3) is 1.58. The van der Waals surface area contributed by atoms with Crippen LogP contribution < -0.4 is 15.5 Å². The standard InChI is InChI=1S/C13H16FN3O/c14-10-3-1-2-4-11(10)17-9-16-12(18)13(17)5-7-15-8-6-13/h1-4,15H,5-9H2,(H,16,18). The highest BCUT2D eigenvalue weighted by Crippen LogP contribution is 2.35. The Morgan fingerprint density at radius 1 is 1.22 bits per heavy atom. The van der Waals surface area contributed by atoms with Crippen LogP contribution in [0.1, 0.15) is 12.8 Å². The Hall–Kier alpha value is -1.62. The number of nitrogens with zero attached hydrogens (tertiary/aromatic N) is 1. The number of amides is 1. The topological polar surface area (TPSA) is 44.4 Å². The van der Waals surface area contributed by atoms with Gasteiger partial charge in [0, 0.05) is 0 Å². The van der Waals surface area contributed by atoms with E-state index in [1.165, 1.54) is 6.07 Å². The van der Waals surface area contributed by atoms with E-state index in [1.807, 2.05) is 4.90 Å². The number of carbonyl (C=O) groups is 1. The molecule has 2 aliphatic heterocycles. The van der Waals surface area contributed by atoms with Gasteiger partial charge >= 0.3 is 0 Å². The molecule has 0 bridgehead atoms. The first-order valence-corrected chi connectivity index (χ1v) is 6.25. The number of piperidine rings is 1. The van der Waals surface area contributed by atoms with Crippen molar-refractivity contribution in [3.05, 3.63) is 30.1 Å². The summed E-state index contributed by atoms with van der Waals surface area (Å²) in [5.74, 6) is -0.251. The molecule has 96 valence electrons. The minimum Gasteiger partial charge on any atom is -0.337 e. The number of hydrogen-bond acceptors (Lipinski definition) is 3. The Bertz CT molecular complexity index is 471. The lowest BCUT2D eigenvalue weighted by molar-refractivity contribution is -0.124. The number of nitrogens with one attached hydrogen (secondary N) is 2. The predicted molar refractivity (Wildman–Crippen MR) is 66.7 cm³/mol. The number of para-hydroxylation sites is 1. The van der Waals surface area contributed by atoms with E-state index in [9.17, 15) is 9.18 Å². The maximum atomic E-state index is 13.9. The number of hydrogen-bond donors (Lipinski definition) is 2. The first-order valence-electron chi connectivity index (χ1n) is 6.25. The van der Waals surface area contributed by atoms with Gasteiger partial charge in [-0.05, 0) is 38.1 Å². The van der Waals surface area contributed by atoms with Crippen LogP contribution in [0.25, 0.3) is 0 Å². The Morgan fingerprint density at radius 2 is 1.94 bits per heavy atom. The Labute approximate surface area is 105 Å². The van der Waals surface area contributed by atoms with Crippen molar-refractivity contribution in [1.29, 1.82) is 0 Å². The van der Waals surface area contributed by atoms with Crippen molar-refractivity contribution in [3.8, 4) is 0 Å². The van der Waals surface area contributed by atoms with Crippen LogP contribution in [0.5, 0.6) is 0 Å². The molecule has 2 heterocycles. The molecule has 0 aliphatic carbocycles. The second kappa shape index (κ2) is 4.24. The highest BCUT2D eigenvalue weighted by atomic mass is 19.1. The summed E-state index contributed by atoms with van der Waals surface area (Å²) in [5, 5.41) is 6.09. The van der Waals surface area contributed by atoms with Crippen LogP contribution in [0.15, 0.2) is 24.3 Å². The molecule has 2 saturated heterocycles. The van der Waals surface area contributed by atoms with Crippen LogP contribution in [0.3, 0.4) is 0 Å². The summed E-state index contributed by atoms with van der Waals surface area (Å²) in [6.07, 6.45) is 1.43. The maximum Gasteiger partial charge on any atom is 0.247 e. The molecule has 3 rings (SSSR count). The third-order valence-corrected chi connectivity index (χ3v) is 3.91. The summed E-state index contributed by atoms with van der Waals surface area (Å²) >= 11 is 0. The van der Waals surface area contributed by atoms with Crippen molar-refractivity contribution in [3.63, 3.8) is 0 Å². The van der Waals surface area contributed by atoms with E-state index < -0.39 is 5.54 Å². The van der Waals surface area contributed by atoms with Gasteiger partial charge in [-0.2, -0.15) is 0 Å². The van der Waals surface area contributed by atoms with Crippen LogP contribution in [0, 0.1) is 5.82 Å². The van der Waals surface area contributed by atoms with Gasteiger partial charge in [0.1, 0.15) is 11.4 Å². The van der Waals surface area contributed by atoms with E-state index in [2.05, 4.69) is 10.6 Å². The molecule has 4 nitrogen and oxygen atoms in total. The zero-order valence-electron chi connectivity index (χ0n) is 10.1. The van der Waals surface area contributed by atoms with Gasteiger partial charge in [0.15, 0.2) is 0 Å². The summed E-state index contributed by atoms with van der Waals surface area (Å²) in [6.45, 7) is 1.97. The highest BCUT2D eigenvalue weighted by Gasteiger charge is 2.49. The molecule has 1 aromatic carbocycles. The average molecular weight is 249 g/mol. The number of anilines is 1. The zero-order chi connectivity index (χ0) is 12.6. The lowest BCUT2D eigenvalue weighted by atomic mass is 9.86. The smallest absolute Gasteiger partial charge is 0.247 e. The summed E-state index contributed by atoms with van der Waals surface area (Å²) in [5.41, 5.74) is -0.0641. The minimum atomic E-state index is -0.576. The predicted octanol–water partition coefficient (Wildman–Crippen LogP) is 0.842. The van der Waals surface area contributed by atoms with Gasteiger partial charge in [-0.15, -0.1) is 0 Å². The Kier molecular flexibility index (Phi) is 2.70. The van der Waals surface area contributed by atoms with Crippen molar-refractivity contribution < 1.29 is 9.18 Å². The summed E-state index contributed by atoms with van der Waals surface area (Å²) in [7, 11) is 0. The van der Waals surface area contributed by atoms with Gasteiger partial charge in [-0.25, -0.2) is 4.39 Å². The largest absolute Gasteiger partial charge is 0.337 e. The summed E-state index contributed by atoms with van der Waals surface area (Å²) < 4.78 is 13.9. The Balaban J connectivity index is 2.01. The molecule has 2 N–H and O–H groups in total. The molecule has 1 aromatic rings. The summed E-state index contributed by atoms with van der Waals surface area (Å²) in [4.78, 5) is 14.0. The highest BCUT2D eigenvalue weighted by molar-refractivity contribution is 5.93. The van der Waals surface area contributed by atoms with Crippen molar-refractivity contribution >= 4 is 11.6 Å². The fourth-order valence-electron chi connectivity index (χ4n) is 2.91. The number of halogens is 1. The van der Waals surface area contributed by atoms with Gasteiger partial charge in [-0.3, -0.25) is 4.79 Å². The second-order valence-electron chi connectivity index (χ2n) is 4.83. The van der Waals surface area contributed by atoms with Gasteiger partial charge in [0.05, 0.1) is 12.4 Å². The average Bonchev–Trinajstić information content (AvgIpc) is 2.69. The zero-order valence-corrected chi connectivity index (χ0v) is 10.1. The lowest BCUT2D eigenvalue weighted by Crippen LogP contribution is -2.55. The second-order valence-corrected chi connectivity index (χ2v) is 4.83. The van der Waals surface area contributed by atoms with Crippen LogP contribution in [0.4, 0.5) is 10.1 Å². The molecule has 18 heavy (non-hydrogen) atoms. The van der Waals surface area contributed by atoms with Crippen molar-refractivity contribution in [2.45, 2.75) is 18.4 Å². The van der Waals surface area contributed by atoms with Gasteiger partial charge in [0.2, 0.25) is 5.91 Å². The first-order chi connectivity index (χ1) is 8.74. The number of rotatable bonds is 1. The monoisotopic (exact) mass is 249 g/mol. The lowest BCUT2D eigenvalue weighted by Gasteiger charge is -2.40. The Morgan fingerprint density at radius 3 is 2.67 bits per heavy atom. The fraction of sp³-hybridized carbons (Fsp3) is 0.462. The van der Waals surface area contributed by atoms with E-state index in [-0.39, 0.29) is 11.7 Å². The third-order valence-electron chi connectivity index (χ3n) is 3.91. The molecule has 5 heteroatoms. The molecule has 0 radical (unpaired) electrons. The van der Waals surface area contributed by atoms with Crippen LogP contribution in [0.2, 0.25) is 0 Å². The van der Waals surface area contributed by atoms with Crippen molar-refractivity contribution in [2.24, 2.45) is 0 Å². The van der Waals surface area contributed by atoms with Gasteiger partial charge < -0.3 is 15.5 Å². The van der Waals surface area contributed by atoms with Crippen LogP contribution in [-0.2, 0) is 4.79 Å². The quantitative estimate of drug-likeness (QED) is 0.775. The van der Waals surface area contributed by atoms with E-state index in [1.54, 1.807) is 18.2 Å². The van der Waals surface area contributed by atoms with E-state index >= 15 is 0 Å². The first kappa shape index (κ1) is 11.5. The molecule has 1 amide bonds. The number of carbonyl (C=O) groups excluding carboxylic acids is 1. The fourth-order valence-corrected chi connectivity index (χ4v) is 2.91. The van der Waals surface area contributed by atoms with Gasteiger partial charge in [0.25, 0.3) is 0 Å². The molecular weight excluding hydrogens is 233 g/mol. The molecule has 2 fully saturated rings. The van der Waals surface area contributed by atoms with E-state index in [0.29, 0.717) is 25.2 Å². The molecule has 2 aliphatic rings. The van der Waals surface area contributed by atoms with Crippen molar-refractivity contribution in [2.75, 3.05) is 24.7 Å². The van der Waals surface area contributed by atoms with Crippen LogP contribution in [-0.4, -0.2) is 31.2 Å². The normalized spacial score (nSPS) is 22.3. The van der Waals surface area contributed by atoms with Crippen molar-refractivity contribution in [1.82, 2.24) is 10.6 Å². The molecule has 1 spiro atoms.